The standard InChI is InChI=1S/C17H16Cl2N4O/c1-17(2,3)14-12-11(8-5-4-6-10(18)13(8)19)9(7-20)15(21)24-16(12)23-22-14/h4-6,11H,21H2,1-3H3,(H,22,23)/t11-/m0/s1. The van der Waals surface area contributed by atoms with Crippen LogP contribution in [0.3, 0.4) is 0 Å². The third kappa shape index (κ3) is 2.52. The van der Waals surface area contributed by atoms with Gasteiger partial charge in [-0.2, -0.15) is 5.26 Å². The van der Waals surface area contributed by atoms with Gasteiger partial charge in [0, 0.05) is 11.1 Å². The van der Waals surface area contributed by atoms with Crippen molar-refractivity contribution in [1.29, 1.82) is 5.26 Å². The number of ether oxygens (including phenoxy) is 1. The number of nitrogens with two attached hydrogens (primary N) is 1. The van der Waals surface area contributed by atoms with E-state index in [1.165, 1.54) is 0 Å². The number of hydrogen-bond acceptors (Lipinski definition) is 4. The Labute approximate surface area is 150 Å². The van der Waals surface area contributed by atoms with Gasteiger partial charge in [-0.3, -0.25) is 5.10 Å². The van der Waals surface area contributed by atoms with Gasteiger partial charge in [0.1, 0.15) is 11.6 Å². The normalized spacial score (nSPS) is 17.2. The van der Waals surface area contributed by atoms with Crippen molar-refractivity contribution in [3.63, 3.8) is 0 Å². The van der Waals surface area contributed by atoms with Crippen LogP contribution < -0.4 is 10.5 Å². The summed E-state index contributed by atoms with van der Waals surface area (Å²) in [5, 5.41) is 17.7. The number of aromatic amines is 1. The summed E-state index contributed by atoms with van der Waals surface area (Å²) in [6.07, 6.45) is 0. The quantitative estimate of drug-likeness (QED) is 0.794. The molecule has 1 aliphatic rings. The Kier molecular flexibility index (Phi) is 3.98. The number of halogens is 2. The van der Waals surface area contributed by atoms with Crippen LogP contribution >= 0.6 is 23.2 Å². The molecule has 1 atom stereocenters. The van der Waals surface area contributed by atoms with Crippen LogP contribution in [-0.4, -0.2) is 10.2 Å². The van der Waals surface area contributed by atoms with E-state index in [1.807, 2.05) is 26.8 Å². The van der Waals surface area contributed by atoms with E-state index in [0.29, 0.717) is 27.1 Å². The maximum Gasteiger partial charge on any atom is 0.244 e. The summed E-state index contributed by atoms with van der Waals surface area (Å²) in [4.78, 5) is 0. The van der Waals surface area contributed by atoms with Crippen LogP contribution in [0.2, 0.25) is 10.0 Å². The third-order valence-electron chi connectivity index (χ3n) is 3.98. The number of rotatable bonds is 1. The van der Waals surface area contributed by atoms with Crippen molar-refractivity contribution < 1.29 is 4.74 Å². The summed E-state index contributed by atoms with van der Waals surface area (Å²) < 4.78 is 5.55. The average Bonchev–Trinajstić information content (AvgIpc) is 2.92. The highest BCUT2D eigenvalue weighted by Gasteiger charge is 2.38. The molecule has 1 aromatic carbocycles. The molecule has 2 aromatic rings. The zero-order chi connectivity index (χ0) is 17.6. The van der Waals surface area contributed by atoms with Crippen molar-refractivity contribution in [2.24, 2.45) is 5.73 Å². The third-order valence-corrected chi connectivity index (χ3v) is 4.81. The molecule has 2 heterocycles. The summed E-state index contributed by atoms with van der Waals surface area (Å²) in [5.74, 6) is -0.103. The predicted molar refractivity (Wildman–Crippen MR) is 93.0 cm³/mol. The summed E-state index contributed by atoms with van der Waals surface area (Å²) in [6.45, 7) is 6.14. The average molecular weight is 363 g/mol. The van der Waals surface area contributed by atoms with Crippen LogP contribution in [0.5, 0.6) is 5.88 Å². The number of fused-ring (bicyclic) bond motifs is 1. The molecule has 0 radical (unpaired) electrons. The van der Waals surface area contributed by atoms with E-state index in [9.17, 15) is 5.26 Å². The predicted octanol–water partition coefficient (Wildman–Crippen LogP) is 4.23. The molecule has 24 heavy (non-hydrogen) atoms. The Morgan fingerprint density at radius 2 is 2.04 bits per heavy atom. The largest absolute Gasteiger partial charge is 0.420 e. The van der Waals surface area contributed by atoms with Gasteiger partial charge in [-0.05, 0) is 11.6 Å². The van der Waals surface area contributed by atoms with E-state index in [1.54, 1.807) is 12.1 Å². The van der Waals surface area contributed by atoms with Gasteiger partial charge in [-0.15, -0.1) is 5.10 Å². The van der Waals surface area contributed by atoms with Gasteiger partial charge in [-0.25, -0.2) is 0 Å². The second kappa shape index (κ2) is 5.73. The zero-order valence-electron chi connectivity index (χ0n) is 13.4. The van der Waals surface area contributed by atoms with Crippen LogP contribution in [0, 0.1) is 11.3 Å². The van der Waals surface area contributed by atoms with E-state index in [2.05, 4.69) is 16.3 Å². The summed E-state index contributed by atoms with van der Waals surface area (Å²) in [5.41, 5.74) is 8.31. The van der Waals surface area contributed by atoms with Crippen molar-refractivity contribution in [2.45, 2.75) is 32.1 Å². The fourth-order valence-corrected chi connectivity index (χ4v) is 3.29. The van der Waals surface area contributed by atoms with E-state index >= 15 is 0 Å². The van der Waals surface area contributed by atoms with Gasteiger partial charge in [0.25, 0.3) is 0 Å². The highest BCUT2D eigenvalue weighted by molar-refractivity contribution is 6.42. The Bertz CT molecular complexity index is 887. The van der Waals surface area contributed by atoms with Crippen molar-refractivity contribution in [2.75, 3.05) is 0 Å². The number of benzene rings is 1. The molecule has 0 unspecified atom stereocenters. The van der Waals surface area contributed by atoms with Gasteiger partial charge < -0.3 is 10.5 Å². The lowest BCUT2D eigenvalue weighted by Gasteiger charge is -2.28. The molecule has 3 N–H and O–H groups in total. The molecular weight excluding hydrogens is 347 g/mol. The lowest BCUT2D eigenvalue weighted by molar-refractivity contribution is 0.378. The van der Waals surface area contributed by atoms with E-state index in [4.69, 9.17) is 33.7 Å². The van der Waals surface area contributed by atoms with Crippen molar-refractivity contribution in [3.05, 3.63) is 56.5 Å². The number of hydrogen-bond donors (Lipinski definition) is 2. The van der Waals surface area contributed by atoms with E-state index in [-0.39, 0.29) is 11.3 Å². The lowest BCUT2D eigenvalue weighted by atomic mass is 9.79. The summed E-state index contributed by atoms with van der Waals surface area (Å²) >= 11 is 12.6. The Morgan fingerprint density at radius 3 is 2.67 bits per heavy atom. The summed E-state index contributed by atoms with van der Waals surface area (Å²) in [7, 11) is 0. The van der Waals surface area contributed by atoms with Gasteiger partial charge in [0.15, 0.2) is 0 Å². The fraction of sp³-hybridized carbons (Fsp3) is 0.294. The number of aromatic nitrogens is 2. The first kappa shape index (κ1) is 16.7. The molecule has 3 rings (SSSR count). The highest BCUT2D eigenvalue weighted by Crippen LogP contribution is 2.47. The van der Waals surface area contributed by atoms with Gasteiger partial charge >= 0.3 is 0 Å². The summed E-state index contributed by atoms with van der Waals surface area (Å²) in [6, 6.07) is 7.47. The maximum absolute atomic E-state index is 9.64. The van der Waals surface area contributed by atoms with Crippen molar-refractivity contribution in [3.8, 4) is 11.9 Å². The van der Waals surface area contributed by atoms with Crippen LogP contribution in [0.1, 0.15) is 43.5 Å². The number of nitrogens with zero attached hydrogens (tertiary/aromatic N) is 2. The molecule has 0 amide bonds. The minimum absolute atomic E-state index is 0.0259. The number of nitrogens with one attached hydrogen (secondary N) is 1. The molecular formula is C17H16Cl2N4O. The van der Waals surface area contributed by atoms with Crippen molar-refractivity contribution >= 4 is 23.2 Å². The topological polar surface area (TPSA) is 87.7 Å². The van der Waals surface area contributed by atoms with Crippen LogP contribution in [0.4, 0.5) is 0 Å². The molecule has 0 spiro atoms. The maximum atomic E-state index is 9.64. The monoisotopic (exact) mass is 362 g/mol. The molecule has 1 aliphatic heterocycles. The molecule has 0 bridgehead atoms. The minimum Gasteiger partial charge on any atom is -0.420 e. The first-order valence-corrected chi connectivity index (χ1v) is 8.11. The number of nitriles is 1. The van der Waals surface area contributed by atoms with Crippen LogP contribution in [0.15, 0.2) is 29.7 Å². The fourth-order valence-electron chi connectivity index (χ4n) is 2.87. The zero-order valence-corrected chi connectivity index (χ0v) is 15.0. The van der Waals surface area contributed by atoms with Crippen LogP contribution in [0.25, 0.3) is 0 Å². The molecule has 0 saturated carbocycles. The lowest BCUT2D eigenvalue weighted by Crippen LogP contribution is -2.24. The second-order valence-corrected chi connectivity index (χ2v) is 7.42. The van der Waals surface area contributed by atoms with Gasteiger partial charge in [0.05, 0.1) is 21.5 Å². The highest BCUT2D eigenvalue weighted by atomic mass is 35.5. The molecule has 0 saturated heterocycles. The first-order valence-electron chi connectivity index (χ1n) is 7.36. The molecule has 5 nitrogen and oxygen atoms in total. The van der Waals surface area contributed by atoms with Gasteiger partial charge in [-0.1, -0.05) is 56.1 Å². The second-order valence-electron chi connectivity index (χ2n) is 6.64. The Morgan fingerprint density at radius 1 is 1.33 bits per heavy atom. The van der Waals surface area contributed by atoms with Gasteiger partial charge in [0.2, 0.25) is 11.8 Å². The smallest absolute Gasteiger partial charge is 0.244 e. The van der Waals surface area contributed by atoms with E-state index < -0.39 is 5.92 Å². The van der Waals surface area contributed by atoms with Crippen molar-refractivity contribution in [1.82, 2.24) is 10.2 Å². The Balaban J connectivity index is 2.33. The molecule has 7 heteroatoms. The number of allylic oxidation sites excluding steroid dienone is 1. The first-order chi connectivity index (χ1) is 11.3. The SMILES string of the molecule is CC(C)(C)c1[nH]nc2c1[C@@H](c1cccc(Cl)c1Cl)C(C#N)=C(N)O2. The minimum atomic E-state index is -0.488. The van der Waals surface area contributed by atoms with Crippen LogP contribution in [-0.2, 0) is 5.41 Å². The molecule has 0 aliphatic carbocycles. The molecule has 0 fully saturated rings. The molecule has 1 aromatic heterocycles. The molecule has 124 valence electrons. The number of H-pyrrole nitrogens is 1. The Hall–Kier alpha value is -2.16. The van der Waals surface area contributed by atoms with E-state index in [0.717, 1.165) is 11.3 Å².